The van der Waals surface area contributed by atoms with Crippen LogP contribution in [0.4, 0.5) is 13.2 Å². The van der Waals surface area contributed by atoms with Crippen LogP contribution >= 0.6 is 23.6 Å². The second kappa shape index (κ2) is 10.2. The van der Waals surface area contributed by atoms with Crippen LogP contribution in [-0.2, 0) is 16.4 Å². The van der Waals surface area contributed by atoms with Crippen molar-refractivity contribution >= 4 is 44.2 Å². The summed E-state index contributed by atoms with van der Waals surface area (Å²) in [7, 11) is -3.76. The van der Waals surface area contributed by atoms with E-state index in [1.54, 1.807) is 24.4 Å². The molecular weight excluding hydrogens is 509 g/mol. The van der Waals surface area contributed by atoms with Crippen LogP contribution in [0.2, 0.25) is 0 Å². The molecule has 0 amide bonds. The van der Waals surface area contributed by atoms with Crippen LogP contribution in [0.25, 0.3) is 10.4 Å². The van der Waals surface area contributed by atoms with Crippen molar-refractivity contribution in [2.24, 2.45) is 10.1 Å². The molecule has 0 aliphatic heterocycles. The van der Waals surface area contributed by atoms with Gasteiger partial charge in [0.1, 0.15) is 11.5 Å². The highest BCUT2D eigenvalue weighted by atomic mass is 32.2. The summed E-state index contributed by atoms with van der Waals surface area (Å²) in [5.41, 5.74) is 2.39. The van der Waals surface area contributed by atoms with Crippen molar-refractivity contribution in [3.8, 4) is 21.9 Å². The standard InChI is InChI=1S/C22H19F3N2O4S3/c1-13(27-11-17(32)10-14-2-8-18(9-3-14)34(26,29)30)19-12-33-21(20(19)28)15-4-6-16(7-5-15)31-22(23,24)25/h2-9,12,28H,10-11H2,1H3,(H2,26,29,30). The minimum absolute atomic E-state index is 0.0160. The van der Waals surface area contributed by atoms with E-state index in [2.05, 4.69) is 9.73 Å². The summed E-state index contributed by atoms with van der Waals surface area (Å²) in [6.45, 7) is 1.93. The van der Waals surface area contributed by atoms with Gasteiger partial charge in [0, 0.05) is 27.9 Å². The Bertz CT molecular complexity index is 1310. The zero-order valence-electron chi connectivity index (χ0n) is 17.7. The van der Waals surface area contributed by atoms with Crippen molar-refractivity contribution < 1.29 is 31.4 Å². The van der Waals surface area contributed by atoms with E-state index in [4.69, 9.17) is 17.4 Å². The Morgan fingerprint density at radius 1 is 1.15 bits per heavy atom. The van der Waals surface area contributed by atoms with Gasteiger partial charge in [-0.1, -0.05) is 24.4 Å². The van der Waals surface area contributed by atoms with Gasteiger partial charge < -0.3 is 9.84 Å². The van der Waals surface area contributed by atoms with Gasteiger partial charge in [0.15, 0.2) is 0 Å². The van der Waals surface area contributed by atoms with E-state index in [-0.39, 0.29) is 22.9 Å². The fourth-order valence-electron chi connectivity index (χ4n) is 2.99. The summed E-state index contributed by atoms with van der Waals surface area (Å²) in [4.78, 5) is 5.54. The van der Waals surface area contributed by atoms with Crippen molar-refractivity contribution in [2.45, 2.75) is 24.6 Å². The van der Waals surface area contributed by atoms with Gasteiger partial charge in [-0.15, -0.1) is 24.5 Å². The second-order valence-corrected chi connectivity index (χ2v) is 10.2. The van der Waals surface area contributed by atoms with Gasteiger partial charge in [0.2, 0.25) is 10.0 Å². The van der Waals surface area contributed by atoms with E-state index in [0.29, 0.717) is 33.0 Å². The summed E-state index contributed by atoms with van der Waals surface area (Å²) >= 11 is 6.60. The molecular formula is C22H19F3N2O4S3. The molecule has 34 heavy (non-hydrogen) atoms. The molecule has 0 radical (unpaired) electrons. The number of sulfonamides is 1. The highest BCUT2D eigenvalue weighted by molar-refractivity contribution is 7.89. The SMILES string of the molecule is CC(=NCC(=S)Cc1ccc(S(N)(=O)=O)cc1)c1csc(-c2ccc(OC(F)(F)F)cc2)c1O. The molecule has 0 spiro atoms. The van der Waals surface area contributed by atoms with Crippen LogP contribution in [0.1, 0.15) is 18.1 Å². The number of halogens is 3. The molecule has 0 saturated heterocycles. The summed E-state index contributed by atoms with van der Waals surface area (Å²) < 4.78 is 63.5. The van der Waals surface area contributed by atoms with Crippen LogP contribution in [0.5, 0.6) is 11.5 Å². The van der Waals surface area contributed by atoms with E-state index in [1.807, 2.05) is 0 Å². The lowest BCUT2D eigenvalue weighted by Crippen LogP contribution is -2.16. The first-order chi connectivity index (χ1) is 15.8. The molecule has 1 aromatic heterocycles. The Morgan fingerprint density at radius 3 is 2.32 bits per heavy atom. The van der Waals surface area contributed by atoms with E-state index >= 15 is 0 Å². The Hall–Kier alpha value is -2.80. The predicted molar refractivity (Wildman–Crippen MR) is 129 cm³/mol. The van der Waals surface area contributed by atoms with Gasteiger partial charge in [-0.05, 0) is 54.4 Å². The van der Waals surface area contributed by atoms with Crippen molar-refractivity contribution in [2.75, 3.05) is 6.54 Å². The normalized spacial score (nSPS) is 12.6. The van der Waals surface area contributed by atoms with Gasteiger partial charge in [0.05, 0.1) is 16.3 Å². The Morgan fingerprint density at radius 2 is 1.76 bits per heavy atom. The largest absolute Gasteiger partial charge is 0.573 e. The topological polar surface area (TPSA) is 102 Å². The van der Waals surface area contributed by atoms with E-state index in [9.17, 15) is 26.7 Å². The first-order valence-corrected chi connectivity index (χ1v) is 12.5. The number of hydrogen-bond acceptors (Lipinski definition) is 7. The molecule has 2 aromatic carbocycles. The number of alkyl halides is 3. The number of ether oxygens (including phenoxy) is 1. The summed E-state index contributed by atoms with van der Waals surface area (Å²) in [6, 6.07) is 11.3. The second-order valence-electron chi connectivity index (χ2n) is 7.21. The molecule has 3 aromatic rings. The van der Waals surface area contributed by atoms with Crippen molar-refractivity contribution in [1.82, 2.24) is 0 Å². The third kappa shape index (κ3) is 6.86. The van der Waals surface area contributed by atoms with Crippen molar-refractivity contribution in [3.63, 3.8) is 0 Å². The highest BCUT2D eigenvalue weighted by Gasteiger charge is 2.31. The third-order valence-corrected chi connectivity index (χ3v) is 6.87. The number of nitrogens with two attached hydrogens (primary N) is 1. The fourth-order valence-corrected chi connectivity index (χ4v) is 4.75. The Kier molecular flexibility index (Phi) is 7.76. The maximum Gasteiger partial charge on any atom is 0.573 e. The molecule has 0 aliphatic rings. The number of nitrogens with zero attached hydrogens (tertiary/aromatic N) is 1. The lowest BCUT2D eigenvalue weighted by molar-refractivity contribution is -0.274. The quantitative estimate of drug-likeness (QED) is 0.313. The average molecular weight is 529 g/mol. The number of hydrogen-bond donors (Lipinski definition) is 2. The lowest BCUT2D eigenvalue weighted by Gasteiger charge is -2.09. The number of rotatable bonds is 8. The van der Waals surface area contributed by atoms with Crippen molar-refractivity contribution in [1.29, 1.82) is 0 Å². The molecule has 3 N–H and O–H groups in total. The monoisotopic (exact) mass is 528 g/mol. The van der Waals surface area contributed by atoms with E-state index < -0.39 is 16.4 Å². The molecule has 1 heterocycles. The Labute approximate surface area is 203 Å². The minimum Gasteiger partial charge on any atom is -0.506 e. The van der Waals surface area contributed by atoms with Gasteiger partial charge in [-0.2, -0.15) is 0 Å². The number of thiocarbonyl (C=S) groups is 1. The van der Waals surface area contributed by atoms with Crippen LogP contribution < -0.4 is 9.88 Å². The smallest absolute Gasteiger partial charge is 0.506 e. The van der Waals surface area contributed by atoms with Crippen LogP contribution in [0, 0.1) is 0 Å². The average Bonchev–Trinajstić information content (AvgIpc) is 3.12. The molecule has 180 valence electrons. The first kappa shape index (κ1) is 25.8. The molecule has 3 rings (SSSR count). The molecule has 0 aliphatic carbocycles. The number of primary sulfonamides is 1. The highest BCUT2D eigenvalue weighted by Crippen LogP contribution is 2.39. The number of aromatic hydroxyl groups is 1. The van der Waals surface area contributed by atoms with Gasteiger partial charge in [-0.3, -0.25) is 4.99 Å². The zero-order chi connectivity index (χ0) is 25.1. The molecule has 0 unspecified atom stereocenters. The molecule has 0 bridgehead atoms. The summed E-state index contributed by atoms with van der Waals surface area (Å²) in [6.07, 6.45) is -4.37. The minimum atomic E-state index is -4.78. The molecule has 0 fully saturated rings. The number of benzene rings is 2. The van der Waals surface area contributed by atoms with Gasteiger partial charge >= 0.3 is 6.36 Å². The van der Waals surface area contributed by atoms with E-state index in [0.717, 1.165) is 5.56 Å². The third-order valence-electron chi connectivity index (χ3n) is 4.65. The Balaban J connectivity index is 1.66. The van der Waals surface area contributed by atoms with Crippen LogP contribution in [0.3, 0.4) is 0 Å². The van der Waals surface area contributed by atoms with Crippen molar-refractivity contribution in [3.05, 3.63) is 65.0 Å². The summed E-state index contributed by atoms with van der Waals surface area (Å²) in [5.74, 6) is -0.377. The number of aliphatic imine (C=N–C) groups is 1. The molecule has 0 saturated carbocycles. The maximum absolute atomic E-state index is 12.3. The summed E-state index contributed by atoms with van der Waals surface area (Å²) in [5, 5.41) is 17.4. The fraction of sp³-hybridized carbons (Fsp3) is 0.182. The lowest BCUT2D eigenvalue weighted by atomic mass is 10.1. The zero-order valence-corrected chi connectivity index (χ0v) is 20.1. The van der Waals surface area contributed by atoms with Crippen LogP contribution in [-0.4, -0.2) is 37.0 Å². The van der Waals surface area contributed by atoms with Gasteiger partial charge in [0.25, 0.3) is 0 Å². The predicted octanol–water partition coefficient (Wildman–Crippen LogP) is 5.09. The number of thiophene rings is 1. The van der Waals surface area contributed by atoms with Crippen LogP contribution in [0.15, 0.2) is 63.8 Å². The molecule has 0 atom stereocenters. The van der Waals surface area contributed by atoms with Gasteiger partial charge in [-0.25, -0.2) is 13.6 Å². The molecule has 12 heteroatoms. The first-order valence-electron chi connectivity index (χ1n) is 9.65. The van der Waals surface area contributed by atoms with E-state index in [1.165, 1.54) is 47.7 Å². The maximum atomic E-state index is 12.3. The molecule has 6 nitrogen and oxygen atoms in total.